The van der Waals surface area contributed by atoms with Crippen molar-refractivity contribution in [3.63, 3.8) is 0 Å². The molecule has 1 aromatic rings. The molecule has 1 aromatic heterocycles. The van der Waals surface area contributed by atoms with Crippen LogP contribution in [0, 0.1) is 0 Å². The highest BCUT2D eigenvalue weighted by Crippen LogP contribution is 2.06. The van der Waals surface area contributed by atoms with E-state index in [9.17, 15) is 5.11 Å². The van der Waals surface area contributed by atoms with Gasteiger partial charge in [0.25, 0.3) is 0 Å². The second-order valence-electron chi connectivity index (χ2n) is 3.16. The molecule has 4 heteroatoms. The van der Waals surface area contributed by atoms with Crippen LogP contribution in [0.1, 0.15) is 19.0 Å². The third-order valence-corrected chi connectivity index (χ3v) is 2.42. The first-order valence-electron chi connectivity index (χ1n) is 4.71. The minimum atomic E-state index is -0.259. The molecular weight excluding hydrogens is 244 g/mol. The van der Waals surface area contributed by atoms with Crippen LogP contribution in [0.4, 0.5) is 0 Å². The average molecular weight is 259 g/mol. The van der Waals surface area contributed by atoms with Gasteiger partial charge < -0.3 is 10.4 Å². The van der Waals surface area contributed by atoms with Crippen molar-refractivity contribution in [3.8, 4) is 0 Å². The number of aromatic nitrogens is 1. The summed E-state index contributed by atoms with van der Waals surface area (Å²) in [5.74, 6) is 0. The van der Waals surface area contributed by atoms with Crippen molar-refractivity contribution in [2.75, 3.05) is 6.54 Å². The highest BCUT2D eigenvalue weighted by atomic mass is 79.9. The monoisotopic (exact) mass is 258 g/mol. The fraction of sp³-hybridized carbons (Fsp3) is 0.500. The molecule has 0 aliphatic carbocycles. The van der Waals surface area contributed by atoms with Crippen LogP contribution < -0.4 is 5.32 Å². The predicted octanol–water partition coefficient (Wildman–Crippen LogP) is 1.70. The second kappa shape index (κ2) is 6.11. The van der Waals surface area contributed by atoms with Crippen molar-refractivity contribution < 1.29 is 5.11 Å². The lowest BCUT2D eigenvalue weighted by Gasteiger charge is -2.08. The SMILES string of the molecule is CCC(O)CNCc1ccc(Br)cn1. The molecule has 0 aliphatic heterocycles. The number of pyridine rings is 1. The van der Waals surface area contributed by atoms with Crippen molar-refractivity contribution in [1.29, 1.82) is 0 Å². The first-order chi connectivity index (χ1) is 6.72. The van der Waals surface area contributed by atoms with E-state index in [1.54, 1.807) is 6.20 Å². The fourth-order valence-corrected chi connectivity index (χ4v) is 1.26. The number of hydrogen-bond donors (Lipinski definition) is 2. The van der Waals surface area contributed by atoms with Gasteiger partial charge in [-0.1, -0.05) is 6.92 Å². The summed E-state index contributed by atoms with van der Waals surface area (Å²) < 4.78 is 0.981. The van der Waals surface area contributed by atoms with Crippen molar-refractivity contribution >= 4 is 15.9 Å². The van der Waals surface area contributed by atoms with Crippen molar-refractivity contribution in [2.24, 2.45) is 0 Å². The molecule has 0 spiro atoms. The van der Waals surface area contributed by atoms with Crippen LogP contribution in [0.5, 0.6) is 0 Å². The van der Waals surface area contributed by atoms with Crippen LogP contribution in [0.25, 0.3) is 0 Å². The molecule has 0 saturated heterocycles. The lowest BCUT2D eigenvalue weighted by atomic mass is 10.3. The lowest BCUT2D eigenvalue weighted by Crippen LogP contribution is -2.25. The van der Waals surface area contributed by atoms with Gasteiger partial charge in [0, 0.05) is 23.8 Å². The summed E-state index contributed by atoms with van der Waals surface area (Å²) in [5, 5.41) is 12.4. The van der Waals surface area contributed by atoms with E-state index in [2.05, 4.69) is 26.2 Å². The zero-order valence-corrected chi connectivity index (χ0v) is 9.79. The predicted molar refractivity (Wildman–Crippen MR) is 59.9 cm³/mol. The maximum absolute atomic E-state index is 9.29. The Balaban J connectivity index is 2.28. The van der Waals surface area contributed by atoms with E-state index in [4.69, 9.17) is 0 Å². The fourth-order valence-electron chi connectivity index (χ4n) is 1.02. The first-order valence-corrected chi connectivity index (χ1v) is 5.51. The summed E-state index contributed by atoms with van der Waals surface area (Å²) in [7, 11) is 0. The van der Waals surface area contributed by atoms with Gasteiger partial charge in [-0.25, -0.2) is 0 Å². The Morgan fingerprint density at radius 2 is 2.36 bits per heavy atom. The quantitative estimate of drug-likeness (QED) is 0.846. The number of aliphatic hydroxyl groups is 1. The third-order valence-electron chi connectivity index (χ3n) is 1.95. The molecule has 0 aliphatic rings. The number of hydrogen-bond acceptors (Lipinski definition) is 3. The molecule has 1 heterocycles. The van der Waals surface area contributed by atoms with E-state index in [1.165, 1.54) is 0 Å². The van der Waals surface area contributed by atoms with Crippen molar-refractivity contribution in [3.05, 3.63) is 28.5 Å². The molecule has 1 unspecified atom stereocenters. The van der Waals surface area contributed by atoms with E-state index in [1.807, 2.05) is 19.1 Å². The van der Waals surface area contributed by atoms with Gasteiger partial charge in [-0.2, -0.15) is 0 Å². The van der Waals surface area contributed by atoms with Crippen molar-refractivity contribution in [1.82, 2.24) is 10.3 Å². The standard InChI is InChI=1S/C10H15BrN2O/c1-2-10(14)7-12-6-9-4-3-8(11)5-13-9/h3-5,10,12,14H,2,6-7H2,1H3. The summed E-state index contributed by atoms with van der Waals surface area (Å²) in [4.78, 5) is 4.21. The molecule has 2 N–H and O–H groups in total. The zero-order chi connectivity index (χ0) is 10.4. The third kappa shape index (κ3) is 4.17. The molecule has 3 nitrogen and oxygen atoms in total. The second-order valence-corrected chi connectivity index (χ2v) is 4.08. The van der Waals surface area contributed by atoms with Crippen LogP contribution in [0.15, 0.2) is 22.8 Å². The Hall–Kier alpha value is -0.450. The Morgan fingerprint density at radius 1 is 1.57 bits per heavy atom. The van der Waals surface area contributed by atoms with E-state index in [-0.39, 0.29) is 6.10 Å². The van der Waals surface area contributed by atoms with Gasteiger partial charge in [0.15, 0.2) is 0 Å². The van der Waals surface area contributed by atoms with Gasteiger partial charge in [0.05, 0.1) is 11.8 Å². The molecule has 0 radical (unpaired) electrons. The molecule has 0 saturated carbocycles. The maximum Gasteiger partial charge on any atom is 0.0662 e. The summed E-state index contributed by atoms with van der Waals surface area (Å²) in [6.07, 6.45) is 2.29. The number of aliphatic hydroxyl groups excluding tert-OH is 1. The van der Waals surface area contributed by atoms with Crippen LogP contribution in [0.2, 0.25) is 0 Å². The van der Waals surface area contributed by atoms with E-state index < -0.39 is 0 Å². The van der Waals surface area contributed by atoms with Gasteiger partial charge in [-0.05, 0) is 34.5 Å². The Labute approximate surface area is 92.7 Å². The van der Waals surface area contributed by atoms with E-state index in [0.717, 1.165) is 16.6 Å². The minimum Gasteiger partial charge on any atom is -0.392 e. The summed E-state index contributed by atoms with van der Waals surface area (Å²) >= 11 is 3.33. The highest BCUT2D eigenvalue weighted by Gasteiger charge is 1.99. The maximum atomic E-state index is 9.29. The van der Waals surface area contributed by atoms with Gasteiger partial charge in [0.1, 0.15) is 0 Å². The van der Waals surface area contributed by atoms with Gasteiger partial charge in [-0.3, -0.25) is 4.98 Å². The van der Waals surface area contributed by atoms with Crippen LogP contribution >= 0.6 is 15.9 Å². The molecule has 1 atom stereocenters. The van der Waals surface area contributed by atoms with Gasteiger partial charge in [0.2, 0.25) is 0 Å². The van der Waals surface area contributed by atoms with Gasteiger partial charge >= 0.3 is 0 Å². The average Bonchev–Trinajstić information content (AvgIpc) is 2.21. The van der Waals surface area contributed by atoms with Gasteiger partial charge in [-0.15, -0.1) is 0 Å². The molecule has 78 valence electrons. The summed E-state index contributed by atoms with van der Waals surface area (Å²) in [6.45, 7) is 3.28. The Bertz CT molecular complexity index is 263. The summed E-state index contributed by atoms with van der Waals surface area (Å²) in [6, 6.07) is 3.91. The lowest BCUT2D eigenvalue weighted by molar-refractivity contribution is 0.167. The van der Waals surface area contributed by atoms with Crippen LogP contribution in [0.3, 0.4) is 0 Å². The van der Waals surface area contributed by atoms with E-state index in [0.29, 0.717) is 13.1 Å². The number of nitrogens with one attached hydrogen (secondary N) is 1. The minimum absolute atomic E-state index is 0.259. The molecular formula is C10H15BrN2O. The topological polar surface area (TPSA) is 45.1 Å². The van der Waals surface area contributed by atoms with E-state index >= 15 is 0 Å². The Morgan fingerprint density at radius 3 is 2.93 bits per heavy atom. The summed E-state index contributed by atoms with van der Waals surface area (Å²) in [5.41, 5.74) is 0.983. The molecule has 0 aromatic carbocycles. The normalized spacial score (nSPS) is 12.8. The molecule has 0 fully saturated rings. The molecule has 1 rings (SSSR count). The van der Waals surface area contributed by atoms with Crippen LogP contribution in [-0.4, -0.2) is 22.7 Å². The zero-order valence-electron chi connectivity index (χ0n) is 8.20. The van der Waals surface area contributed by atoms with Crippen LogP contribution in [-0.2, 0) is 6.54 Å². The number of halogens is 1. The number of rotatable bonds is 5. The molecule has 0 bridgehead atoms. The molecule has 0 amide bonds. The Kier molecular flexibility index (Phi) is 5.07. The largest absolute Gasteiger partial charge is 0.392 e. The first kappa shape index (κ1) is 11.6. The van der Waals surface area contributed by atoms with Crippen molar-refractivity contribution in [2.45, 2.75) is 26.0 Å². The highest BCUT2D eigenvalue weighted by molar-refractivity contribution is 9.10. The molecule has 14 heavy (non-hydrogen) atoms. The number of nitrogens with zero attached hydrogens (tertiary/aromatic N) is 1. The smallest absolute Gasteiger partial charge is 0.0662 e.